The van der Waals surface area contributed by atoms with Gasteiger partial charge in [0, 0.05) is 18.5 Å². The molecular formula is C15H17ClF3NO3. The number of hydrogen-bond donors (Lipinski definition) is 2. The third-order valence-electron chi connectivity index (χ3n) is 4.08. The third-order valence-corrected chi connectivity index (χ3v) is 4.40. The number of ether oxygens (including phenoxy) is 1. The standard InChI is InChI=1S/C15H17ClF3NO3/c1-3-8(2)20-11-5-12-9(4-10(11)16)6-14(7-23-12,13(21)22)15(17,18)19/h4-5,8,20H,3,6-7H2,1-2H3,(H,21,22). The van der Waals surface area contributed by atoms with E-state index in [4.69, 9.17) is 21.4 Å². The molecule has 1 aromatic rings. The Morgan fingerprint density at radius 1 is 1.52 bits per heavy atom. The van der Waals surface area contributed by atoms with Crippen molar-refractivity contribution in [2.24, 2.45) is 5.41 Å². The van der Waals surface area contributed by atoms with Crippen molar-refractivity contribution in [3.63, 3.8) is 0 Å². The molecule has 0 radical (unpaired) electrons. The summed E-state index contributed by atoms with van der Waals surface area (Å²) in [5.74, 6) is -1.73. The Kier molecular flexibility index (Phi) is 4.71. The molecule has 0 amide bonds. The van der Waals surface area contributed by atoms with Gasteiger partial charge in [-0.05, 0) is 25.0 Å². The van der Waals surface area contributed by atoms with Gasteiger partial charge in [0.1, 0.15) is 12.4 Å². The molecule has 128 valence electrons. The van der Waals surface area contributed by atoms with E-state index in [1.807, 2.05) is 13.8 Å². The molecule has 0 bridgehead atoms. The molecule has 0 fully saturated rings. The Bertz CT molecular complexity index is 621. The molecule has 8 heteroatoms. The topological polar surface area (TPSA) is 58.6 Å². The van der Waals surface area contributed by atoms with Crippen molar-refractivity contribution in [3.05, 3.63) is 22.7 Å². The number of rotatable bonds is 4. The van der Waals surface area contributed by atoms with E-state index in [-0.39, 0.29) is 22.4 Å². The van der Waals surface area contributed by atoms with Crippen LogP contribution in [0.25, 0.3) is 0 Å². The first-order chi connectivity index (χ1) is 10.6. The lowest BCUT2D eigenvalue weighted by Crippen LogP contribution is -2.52. The van der Waals surface area contributed by atoms with Gasteiger partial charge in [-0.1, -0.05) is 18.5 Å². The first-order valence-electron chi connectivity index (χ1n) is 7.12. The Hall–Kier alpha value is -1.63. The second kappa shape index (κ2) is 6.11. The summed E-state index contributed by atoms with van der Waals surface area (Å²) in [5, 5.41) is 12.4. The molecule has 0 spiro atoms. The number of carbonyl (C=O) groups is 1. The van der Waals surface area contributed by atoms with E-state index in [2.05, 4.69) is 5.32 Å². The van der Waals surface area contributed by atoms with Gasteiger partial charge in [0.15, 0.2) is 0 Å². The first kappa shape index (κ1) is 17.7. The number of hydrogen-bond acceptors (Lipinski definition) is 3. The minimum Gasteiger partial charge on any atom is -0.492 e. The van der Waals surface area contributed by atoms with Gasteiger partial charge in [-0.15, -0.1) is 0 Å². The maximum absolute atomic E-state index is 13.2. The molecule has 0 saturated heterocycles. The highest BCUT2D eigenvalue weighted by Gasteiger charge is 2.63. The predicted octanol–water partition coefficient (Wildman–Crippen LogP) is 4.12. The van der Waals surface area contributed by atoms with E-state index >= 15 is 0 Å². The van der Waals surface area contributed by atoms with Crippen LogP contribution in [0.1, 0.15) is 25.8 Å². The molecule has 23 heavy (non-hydrogen) atoms. The Balaban J connectivity index is 2.39. The first-order valence-corrected chi connectivity index (χ1v) is 7.50. The highest BCUT2D eigenvalue weighted by atomic mass is 35.5. The number of halogens is 4. The smallest absolute Gasteiger partial charge is 0.408 e. The van der Waals surface area contributed by atoms with Crippen LogP contribution >= 0.6 is 11.6 Å². The number of anilines is 1. The summed E-state index contributed by atoms with van der Waals surface area (Å²) in [6, 6.07) is 2.98. The molecule has 2 rings (SSSR count). The lowest BCUT2D eigenvalue weighted by atomic mass is 9.79. The fourth-order valence-corrected chi connectivity index (χ4v) is 2.60. The van der Waals surface area contributed by atoms with Gasteiger partial charge in [-0.3, -0.25) is 4.79 Å². The zero-order valence-electron chi connectivity index (χ0n) is 12.6. The maximum atomic E-state index is 13.2. The highest BCUT2D eigenvalue weighted by molar-refractivity contribution is 6.33. The molecule has 1 aromatic carbocycles. The van der Waals surface area contributed by atoms with E-state index in [1.54, 1.807) is 0 Å². The lowest BCUT2D eigenvalue weighted by Gasteiger charge is -2.36. The third kappa shape index (κ3) is 3.20. The number of alkyl halides is 3. The minimum atomic E-state index is -4.92. The molecule has 1 aliphatic rings. The molecule has 2 atom stereocenters. The molecule has 2 N–H and O–H groups in total. The monoisotopic (exact) mass is 351 g/mol. The summed E-state index contributed by atoms with van der Waals surface area (Å²) in [4.78, 5) is 11.2. The van der Waals surface area contributed by atoms with Crippen LogP contribution < -0.4 is 10.1 Å². The number of carboxylic acid groups (broad SMARTS) is 1. The van der Waals surface area contributed by atoms with Gasteiger partial charge in [0.25, 0.3) is 0 Å². The fraction of sp³-hybridized carbons (Fsp3) is 0.533. The van der Waals surface area contributed by atoms with Crippen LogP contribution in [0.3, 0.4) is 0 Å². The summed E-state index contributed by atoms with van der Waals surface area (Å²) in [6.07, 6.45) is -4.79. The number of benzene rings is 1. The Labute approximate surface area is 136 Å². The van der Waals surface area contributed by atoms with Crippen LogP contribution in [-0.4, -0.2) is 29.9 Å². The summed E-state index contributed by atoms with van der Waals surface area (Å²) in [5.41, 5.74) is -2.26. The molecular weight excluding hydrogens is 335 g/mol. The SMILES string of the molecule is CCC(C)Nc1cc2c(cc1Cl)CC(C(=O)O)(C(F)(F)F)CO2. The van der Waals surface area contributed by atoms with Gasteiger partial charge < -0.3 is 15.2 Å². The minimum absolute atomic E-state index is 0.127. The predicted molar refractivity (Wildman–Crippen MR) is 80.2 cm³/mol. The van der Waals surface area contributed by atoms with E-state index in [9.17, 15) is 18.0 Å². The molecule has 0 saturated carbocycles. The van der Waals surface area contributed by atoms with Crippen LogP contribution in [0.5, 0.6) is 5.75 Å². The van der Waals surface area contributed by atoms with Crippen LogP contribution in [0.2, 0.25) is 5.02 Å². The quantitative estimate of drug-likeness (QED) is 0.856. The van der Waals surface area contributed by atoms with Crippen LogP contribution in [0, 0.1) is 5.41 Å². The van der Waals surface area contributed by atoms with Gasteiger partial charge in [-0.2, -0.15) is 13.2 Å². The molecule has 1 heterocycles. The highest BCUT2D eigenvalue weighted by Crippen LogP contribution is 2.47. The van der Waals surface area contributed by atoms with Crippen molar-refractivity contribution in [2.75, 3.05) is 11.9 Å². The van der Waals surface area contributed by atoms with Crippen molar-refractivity contribution in [2.45, 2.75) is 38.9 Å². The number of aliphatic carboxylic acids is 1. The van der Waals surface area contributed by atoms with E-state index in [1.165, 1.54) is 12.1 Å². The van der Waals surface area contributed by atoms with Crippen molar-refractivity contribution < 1.29 is 27.8 Å². The van der Waals surface area contributed by atoms with E-state index in [0.717, 1.165) is 6.42 Å². The average Bonchev–Trinajstić information content (AvgIpc) is 2.45. The fourth-order valence-electron chi connectivity index (χ4n) is 2.36. The normalized spacial score (nSPS) is 22.0. The van der Waals surface area contributed by atoms with Crippen molar-refractivity contribution >= 4 is 23.3 Å². The second-order valence-corrected chi connectivity index (χ2v) is 6.15. The van der Waals surface area contributed by atoms with Crippen molar-refractivity contribution in [3.8, 4) is 5.75 Å². The summed E-state index contributed by atoms with van der Waals surface area (Å²) >= 11 is 6.10. The molecule has 2 unspecified atom stereocenters. The molecule has 1 aliphatic heterocycles. The summed E-state index contributed by atoms with van der Waals surface area (Å²) in [6.45, 7) is 2.96. The Morgan fingerprint density at radius 3 is 2.70 bits per heavy atom. The summed E-state index contributed by atoms with van der Waals surface area (Å²) in [7, 11) is 0. The van der Waals surface area contributed by atoms with E-state index in [0.29, 0.717) is 5.69 Å². The second-order valence-electron chi connectivity index (χ2n) is 5.74. The Morgan fingerprint density at radius 2 is 2.17 bits per heavy atom. The van der Waals surface area contributed by atoms with Crippen LogP contribution in [0.4, 0.5) is 18.9 Å². The molecule has 0 aromatic heterocycles. The molecule has 0 aliphatic carbocycles. The van der Waals surface area contributed by atoms with Crippen molar-refractivity contribution in [1.82, 2.24) is 0 Å². The van der Waals surface area contributed by atoms with Gasteiger partial charge >= 0.3 is 12.1 Å². The number of carboxylic acids is 1. The van der Waals surface area contributed by atoms with Gasteiger partial charge in [0.2, 0.25) is 5.41 Å². The van der Waals surface area contributed by atoms with E-state index < -0.39 is 30.6 Å². The zero-order valence-corrected chi connectivity index (χ0v) is 13.4. The van der Waals surface area contributed by atoms with Crippen LogP contribution in [-0.2, 0) is 11.2 Å². The number of nitrogens with one attached hydrogen (secondary N) is 1. The van der Waals surface area contributed by atoms with Crippen LogP contribution in [0.15, 0.2) is 12.1 Å². The maximum Gasteiger partial charge on any atom is 0.408 e. The number of fused-ring (bicyclic) bond motifs is 1. The average molecular weight is 352 g/mol. The largest absolute Gasteiger partial charge is 0.492 e. The summed E-state index contributed by atoms with van der Waals surface area (Å²) < 4.78 is 44.8. The van der Waals surface area contributed by atoms with Gasteiger partial charge in [0.05, 0.1) is 10.7 Å². The van der Waals surface area contributed by atoms with Gasteiger partial charge in [-0.25, -0.2) is 0 Å². The van der Waals surface area contributed by atoms with Crippen molar-refractivity contribution in [1.29, 1.82) is 0 Å². The molecule has 4 nitrogen and oxygen atoms in total. The zero-order chi connectivity index (χ0) is 17.4. The lowest BCUT2D eigenvalue weighted by molar-refractivity contribution is -0.240.